The smallest absolute Gasteiger partial charge is 0.271 e. The van der Waals surface area contributed by atoms with Crippen LogP contribution in [0.5, 0.6) is 0 Å². The number of nitrogens with two attached hydrogens (primary N) is 1. The molecule has 0 saturated heterocycles. The number of rotatable bonds is 7. The molecule has 0 aromatic carbocycles. The van der Waals surface area contributed by atoms with Gasteiger partial charge in [-0.3, -0.25) is 0 Å². The van der Waals surface area contributed by atoms with Gasteiger partial charge in [0, 0.05) is 0 Å². The second kappa shape index (κ2) is 6.15. The van der Waals surface area contributed by atoms with Crippen LogP contribution in [0.4, 0.5) is 0 Å². The van der Waals surface area contributed by atoms with Crippen molar-refractivity contribution in [3.8, 4) is 0 Å². The van der Waals surface area contributed by atoms with Gasteiger partial charge in [-0.25, -0.2) is 13.6 Å². The zero-order chi connectivity index (χ0) is 12.9. The van der Waals surface area contributed by atoms with Crippen LogP contribution >= 0.6 is 0 Å². The number of nitrogens with one attached hydrogen (secondary N) is 1. The van der Waals surface area contributed by atoms with E-state index in [0.29, 0.717) is 25.3 Å². The highest BCUT2D eigenvalue weighted by Crippen LogP contribution is 2.11. The van der Waals surface area contributed by atoms with Crippen LogP contribution in [0.3, 0.4) is 0 Å². The molecule has 0 aliphatic carbocycles. The van der Waals surface area contributed by atoms with Gasteiger partial charge in [0.25, 0.3) is 10.0 Å². The van der Waals surface area contributed by atoms with Crippen LogP contribution in [0.15, 0.2) is 21.6 Å². The molecular weight excluding hydrogens is 244 g/mol. The van der Waals surface area contributed by atoms with Crippen LogP contribution in [0.2, 0.25) is 0 Å². The second-order valence-corrected chi connectivity index (χ2v) is 5.29. The highest BCUT2D eigenvalue weighted by atomic mass is 32.2. The van der Waals surface area contributed by atoms with Gasteiger partial charge < -0.3 is 14.8 Å². The molecule has 0 spiro atoms. The van der Waals surface area contributed by atoms with Crippen LogP contribution in [0.1, 0.15) is 25.5 Å². The molecule has 1 atom stereocenters. The zero-order valence-electron chi connectivity index (χ0n) is 9.72. The summed E-state index contributed by atoms with van der Waals surface area (Å²) in [6.45, 7) is 2.96. The van der Waals surface area contributed by atoms with Crippen LogP contribution in [-0.4, -0.2) is 26.2 Å². The summed E-state index contributed by atoms with van der Waals surface area (Å²) in [6.07, 6.45) is 1.07. The standard InChI is InChI=1S/C10H18N2O4S/c1-2-8(13)5-6-12-7-9-3-4-10(16-9)17(11,14)15/h3-4,8,12-13H,2,5-7H2,1H3,(H2,11,14,15). The van der Waals surface area contributed by atoms with E-state index >= 15 is 0 Å². The first-order chi connectivity index (χ1) is 7.93. The molecule has 0 saturated carbocycles. The topological polar surface area (TPSA) is 106 Å². The van der Waals surface area contributed by atoms with Crippen molar-refractivity contribution in [2.45, 2.75) is 37.5 Å². The van der Waals surface area contributed by atoms with Crippen molar-refractivity contribution in [1.29, 1.82) is 0 Å². The minimum atomic E-state index is -3.76. The lowest BCUT2D eigenvalue weighted by molar-refractivity contribution is 0.159. The molecule has 1 aromatic rings. The number of hydrogen-bond acceptors (Lipinski definition) is 5. The lowest BCUT2D eigenvalue weighted by Gasteiger charge is -2.07. The van der Waals surface area contributed by atoms with Crippen molar-refractivity contribution in [2.24, 2.45) is 5.14 Å². The Morgan fingerprint density at radius 2 is 2.24 bits per heavy atom. The number of primary sulfonamides is 1. The number of aliphatic hydroxyl groups is 1. The normalized spacial score (nSPS) is 13.8. The highest BCUT2D eigenvalue weighted by Gasteiger charge is 2.12. The van der Waals surface area contributed by atoms with E-state index < -0.39 is 10.0 Å². The van der Waals surface area contributed by atoms with Crippen molar-refractivity contribution in [3.63, 3.8) is 0 Å². The van der Waals surface area contributed by atoms with E-state index in [1.165, 1.54) is 6.07 Å². The fourth-order valence-corrected chi connectivity index (χ4v) is 1.77. The summed E-state index contributed by atoms with van der Waals surface area (Å²) >= 11 is 0. The molecule has 98 valence electrons. The average molecular weight is 262 g/mol. The Kier molecular flexibility index (Phi) is 5.13. The van der Waals surface area contributed by atoms with Crippen molar-refractivity contribution < 1.29 is 17.9 Å². The molecule has 0 radical (unpaired) electrons. The fraction of sp³-hybridized carbons (Fsp3) is 0.600. The van der Waals surface area contributed by atoms with Gasteiger partial charge >= 0.3 is 0 Å². The summed E-state index contributed by atoms with van der Waals surface area (Å²) in [7, 11) is -3.76. The summed E-state index contributed by atoms with van der Waals surface area (Å²) in [4.78, 5) is 0. The molecule has 1 heterocycles. The quantitative estimate of drug-likeness (QED) is 0.608. The largest absolute Gasteiger partial charge is 0.447 e. The predicted octanol–water partition coefficient (Wildman–Crippen LogP) is 0.178. The zero-order valence-corrected chi connectivity index (χ0v) is 10.5. The molecule has 1 aromatic heterocycles. The minimum absolute atomic E-state index is 0.233. The second-order valence-electron chi connectivity index (χ2n) is 3.79. The van der Waals surface area contributed by atoms with E-state index in [4.69, 9.17) is 9.56 Å². The van der Waals surface area contributed by atoms with Crippen LogP contribution < -0.4 is 10.5 Å². The summed E-state index contributed by atoms with van der Waals surface area (Å²) < 4.78 is 26.9. The Labute approximate surface area is 101 Å². The van der Waals surface area contributed by atoms with E-state index in [1.807, 2.05) is 6.92 Å². The van der Waals surface area contributed by atoms with Crippen LogP contribution in [0.25, 0.3) is 0 Å². The van der Waals surface area contributed by atoms with E-state index in [2.05, 4.69) is 5.32 Å². The lowest BCUT2D eigenvalue weighted by Crippen LogP contribution is -2.19. The number of hydrogen-bond donors (Lipinski definition) is 3. The van der Waals surface area contributed by atoms with Crippen molar-refractivity contribution in [3.05, 3.63) is 17.9 Å². The fourth-order valence-electron chi connectivity index (χ4n) is 1.29. The summed E-state index contributed by atoms with van der Waals surface area (Å²) in [5, 5.41) is 17.0. The molecule has 0 aliphatic heterocycles. The third kappa shape index (κ3) is 4.86. The molecule has 1 rings (SSSR count). The SMILES string of the molecule is CCC(O)CCNCc1ccc(S(N)(=O)=O)o1. The molecule has 0 aliphatic rings. The van der Waals surface area contributed by atoms with Gasteiger partial charge in [0.2, 0.25) is 5.09 Å². The van der Waals surface area contributed by atoms with Crippen molar-refractivity contribution in [2.75, 3.05) is 6.54 Å². The number of aliphatic hydroxyl groups excluding tert-OH is 1. The number of sulfonamides is 1. The summed E-state index contributed by atoms with van der Waals surface area (Å²) in [5.74, 6) is 0.500. The van der Waals surface area contributed by atoms with Gasteiger partial charge in [-0.1, -0.05) is 6.92 Å². The minimum Gasteiger partial charge on any atom is -0.447 e. The van der Waals surface area contributed by atoms with Gasteiger partial charge in [0.1, 0.15) is 5.76 Å². The Morgan fingerprint density at radius 1 is 1.53 bits per heavy atom. The Bertz CT molecular complexity index is 441. The molecule has 6 nitrogen and oxygen atoms in total. The molecule has 0 bridgehead atoms. The van der Waals surface area contributed by atoms with E-state index in [-0.39, 0.29) is 11.2 Å². The maximum atomic E-state index is 10.9. The third-order valence-corrected chi connectivity index (χ3v) is 3.12. The Balaban J connectivity index is 2.36. The lowest BCUT2D eigenvalue weighted by atomic mass is 10.2. The molecular formula is C10H18N2O4S. The Hall–Kier alpha value is -0.890. The summed E-state index contributed by atoms with van der Waals surface area (Å²) in [5.41, 5.74) is 0. The van der Waals surface area contributed by atoms with Gasteiger partial charge in [0.15, 0.2) is 0 Å². The monoisotopic (exact) mass is 262 g/mol. The van der Waals surface area contributed by atoms with Crippen LogP contribution in [0, 0.1) is 0 Å². The third-order valence-electron chi connectivity index (χ3n) is 2.34. The first-order valence-electron chi connectivity index (χ1n) is 5.43. The first-order valence-corrected chi connectivity index (χ1v) is 6.98. The highest BCUT2D eigenvalue weighted by molar-refractivity contribution is 7.89. The molecule has 0 fully saturated rings. The van der Waals surface area contributed by atoms with E-state index in [0.717, 1.165) is 6.42 Å². The maximum absolute atomic E-state index is 10.9. The van der Waals surface area contributed by atoms with Gasteiger partial charge in [-0.2, -0.15) is 0 Å². The molecule has 1 unspecified atom stereocenters. The molecule has 7 heteroatoms. The van der Waals surface area contributed by atoms with E-state index in [1.54, 1.807) is 6.07 Å². The van der Waals surface area contributed by atoms with Crippen molar-refractivity contribution >= 4 is 10.0 Å². The van der Waals surface area contributed by atoms with Gasteiger partial charge in [0.05, 0.1) is 12.6 Å². The molecule has 0 amide bonds. The summed E-state index contributed by atoms with van der Waals surface area (Å²) in [6, 6.07) is 2.89. The van der Waals surface area contributed by atoms with Crippen molar-refractivity contribution in [1.82, 2.24) is 5.32 Å². The predicted molar refractivity (Wildman–Crippen MR) is 62.7 cm³/mol. The van der Waals surface area contributed by atoms with Gasteiger partial charge in [-0.05, 0) is 31.5 Å². The van der Waals surface area contributed by atoms with Crippen LogP contribution in [-0.2, 0) is 16.6 Å². The Morgan fingerprint density at radius 3 is 2.76 bits per heavy atom. The van der Waals surface area contributed by atoms with Gasteiger partial charge in [-0.15, -0.1) is 0 Å². The molecule has 4 N–H and O–H groups in total. The molecule has 17 heavy (non-hydrogen) atoms. The number of furan rings is 1. The average Bonchev–Trinajstić information content (AvgIpc) is 2.72. The first kappa shape index (κ1) is 14.2. The van der Waals surface area contributed by atoms with E-state index in [9.17, 15) is 13.5 Å². The maximum Gasteiger partial charge on any atom is 0.271 e.